The first-order valence-electron chi connectivity index (χ1n) is 20.3. The van der Waals surface area contributed by atoms with E-state index in [1.54, 1.807) is 30.5 Å². The average molecular weight is 780 g/mol. The van der Waals surface area contributed by atoms with E-state index in [1.165, 1.54) is 37.0 Å². The lowest BCUT2D eigenvalue weighted by Gasteiger charge is -2.37. The number of rotatable bonds is 11. The fourth-order valence-electron chi connectivity index (χ4n) is 8.33. The van der Waals surface area contributed by atoms with Gasteiger partial charge >= 0.3 is 5.97 Å². The number of aromatic nitrogens is 1. The Bertz CT molecular complexity index is 2270. The lowest BCUT2D eigenvalue weighted by atomic mass is 9.90. The van der Waals surface area contributed by atoms with E-state index in [1.807, 2.05) is 86.6 Å². The van der Waals surface area contributed by atoms with Gasteiger partial charge in [0.2, 0.25) is 5.91 Å². The van der Waals surface area contributed by atoms with Crippen LogP contribution in [0.2, 0.25) is 0 Å². The van der Waals surface area contributed by atoms with Crippen LogP contribution in [0, 0.1) is 19.8 Å². The predicted octanol–water partition coefficient (Wildman–Crippen LogP) is 8.22. The molecule has 0 unspecified atom stereocenters. The predicted molar refractivity (Wildman–Crippen MR) is 220 cm³/mol. The number of nitrogens with one attached hydrogen (secondary N) is 1. The summed E-state index contributed by atoms with van der Waals surface area (Å²) in [7, 11) is 0. The Kier molecular flexibility index (Phi) is 11.4. The van der Waals surface area contributed by atoms with E-state index in [2.05, 4.69) is 10.3 Å². The third-order valence-corrected chi connectivity index (χ3v) is 11.9. The molecule has 8 rings (SSSR count). The molecule has 10 nitrogen and oxygen atoms in total. The number of hydrogen-bond donors (Lipinski definition) is 2. The molecule has 10 heteroatoms. The summed E-state index contributed by atoms with van der Waals surface area (Å²) in [6.07, 6.45) is 8.04. The number of aliphatic carboxylic acids is 1. The number of carbonyl (C=O) groups excluding carboxylic acids is 2. The third kappa shape index (κ3) is 8.56. The number of aryl methyl sites for hydroxylation is 1. The van der Waals surface area contributed by atoms with Crippen molar-refractivity contribution in [2.75, 3.05) is 13.2 Å². The van der Waals surface area contributed by atoms with E-state index < -0.39 is 24.0 Å². The fraction of sp³-hybridized carbons (Fsp3) is 0.333. The molecular formula is C48H49N3O7. The summed E-state index contributed by atoms with van der Waals surface area (Å²) in [6.45, 7) is 5.17. The maximum absolute atomic E-state index is 14.2. The number of carbonyl (C=O) groups is 3. The SMILES string of the molecule is Cc1nccc(-c2ccc(C[C@H](NC(=O)[C@@H]3Cc4cc5c(cc4CN3C(=O)c3ccccc3)O[C@@H](c3ccc(OCC4CCCCC4)cc3)CO5)C(=O)O)cc2)c1C. The van der Waals surface area contributed by atoms with E-state index in [9.17, 15) is 19.5 Å². The van der Waals surface area contributed by atoms with Crippen LogP contribution in [0.4, 0.5) is 0 Å². The normalized spacial score (nSPS) is 18.1. The quantitative estimate of drug-likeness (QED) is 0.137. The summed E-state index contributed by atoms with van der Waals surface area (Å²) >= 11 is 0. The van der Waals surface area contributed by atoms with Gasteiger partial charge in [0, 0.05) is 36.8 Å². The Morgan fingerprint density at radius 2 is 1.64 bits per heavy atom. The fourth-order valence-corrected chi connectivity index (χ4v) is 8.33. The van der Waals surface area contributed by atoms with Gasteiger partial charge in [-0.2, -0.15) is 0 Å². The summed E-state index contributed by atoms with van der Waals surface area (Å²) in [6, 6.07) is 28.0. The number of carboxylic acid groups (broad SMARTS) is 1. The van der Waals surface area contributed by atoms with Crippen LogP contribution in [0.25, 0.3) is 11.1 Å². The van der Waals surface area contributed by atoms with Gasteiger partial charge in [0.1, 0.15) is 24.4 Å². The minimum atomic E-state index is -1.21. The van der Waals surface area contributed by atoms with Crippen LogP contribution >= 0.6 is 0 Å². The first-order valence-corrected chi connectivity index (χ1v) is 20.3. The number of benzene rings is 4. The highest BCUT2D eigenvalue weighted by atomic mass is 16.6. The van der Waals surface area contributed by atoms with Crippen molar-refractivity contribution in [2.45, 2.75) is 83.5 Å². The highest BCUT2D eigenvalue weighted by molar-refractivity contribution is 5.98. The smallest absolute Gasteiger partial charge is 0.326 e. The van der Waals surface area contributed by atoms with E-state index in [4.69, 9.17) is 14.2 Å². The van der Waals surface area contributed by atoms with Crippen LogP contribution in [0.1, 0.15) is 82.1 Å². The first-order chi connectivity index (χ1) is 28.2. The molecule has 5 aromatic rings. The number of carboxylic acids is 1. The Hall–Kier alpha value is -6.16. The first kappa shape index (κ1) is 38.7. The maximum Gasteiger partial charge on any atom is 0.326 e. The second kappa shape index (κ2) is 17.1. The van der Waals surface area contributed by atoms with Gasteiger partial charge < -0.3 is 29.5 Å². The largest absolute Gasteiger partial charge is 0.493 e. The summed E-state index contributed by atoms with van der Waals surface area (Å²) in [4.78, 5) is 46.7. The molecule has 1 aromatic heterocycles. The average Bonchev–Trinajstić information content (AvgIpc) is 3.26. The maximum atomic E-state index is 14.2. The molecule has 58 heavy (non-hydrogen) atoms. The van der Waals surface area contributed by atoms with E-state index >= 15 is 0 Å². The zero-order valence-corrected chi connectivity index (χ0v) is 33.0. The lowest BCUT2D eigenvalue weighted by molar-refractivity contribution is -0.142. The Balaban J connectivity index is 0.981. The van der Waals surface area contributed by atoms with E-state index in [0.717, 1.165) is 57.0 Å². The number of ether oxygens (including phenoxy) is 3. The topological polar surface area (TPSA) is 127 Å². The monoisotopic (exact) mass is 779 g/mol. The lowest BCUT2D eigenvalue weighted by Crippen LogP contribution is -2.56. The number of pyridine rings is 1. The molecule has 1 aliphatic carbocycles. The Morgan fingerprint density at radius 1 is 0.897 bits per heavy atom. The van der Waals surface area contributed by atoms with Crippen molar-refractivity contribution in [2.24, 2.45) is 5.92 Å². The molecule has 3 aliphatic rings. The molecule has 298 valence electrons. The van der Waals surface area contributed by atoms with Crippen LogP contribution in [0.5, 0.6) is 17.2 Å². The summed E-state index contributed by atoms with van der Waals surface area (Å²) in [5.41, 5.74) is 7.90. The standard InChI is InChI=1S/C48H49N3O7/c1-30-31(2)49-22-21-40(30)34-15-13-32(14-16-34)23-41(48(54)55)50-46(52)42-24-37-25-43-44(26-38(37)27-51(42)47(53)36-11-7-4-8-12-36)58-45(29-57-43)35-17-19-39(20-18-35)56-28-33-9-5-3-6-10-33/h4,7-8,11-22,25-26,33,41-42,45H,3,5-6,9-10,23-24,27-29H2,1-2H3,(H,50,52)(H,54,55)/t41-,42-,45+/m0/s1. The van der Waals surface area contributed by atoms with Crippen LogP contribution in [0.3, 0.4) is 0 Å². The molecule has 0 saturated heterocycles. The number of amides is 2. The number of hydrogen-bond acceptors (Lipinski definition) is 7. The molecule has 0 radical (unpaired) electrons. The van der Waals surface area contributed by atoms with Crippen molar-refractivity contribution >= 4 is 17.8 Å². The van der Waals surface area contributed by atoms with Crippen LogP contribution in [-0.4, -0.2) is 58.1 Å². The molecule has 4 aromatic carbocycles. The van der Waals surface area contributed by atoms with Crippen molar-refractivity contribution in [1.29, 1.82) is 0 Å². The van der Waals surface area contributed by atoms with E-state index in [0.29, 0.717) is 29.6 Å². The van der Waals surface area contributed by atoms with Gasteiger partial charge in [-0.15, -0.1) is 0 Å². The van der Waals surface area contributed by atoms with Crippen molar-refractivity contribution in [3.05, 3.63) is 142 Å². The highest BCUT2D eigenvalue weighted by Crippen LogP contribution is 2.41. The Morgan fingerprint density at radius 3 is 2.38 bits per heavy atom. The van der Waals surface area contributed by atoms with Gasteiger partial charge in [-0.05, 0) is 114 Å². The molecule has 1 saturated carbocycles. The zero-order valence-electron chi connectivity index (χ0n) is 33.0. The zero-order chi connectivity index (χ0) is 40.2. The minimum Gasteiger partial charge on any atom is -0.493 e. The van der Waals surface area contributed by atoms with Crippen LogP contribution in [0.15, 0.2) is 103 Å². The molecule has 3 atom stereocenters. The van der Waals surface area contributed by atoms with Gasteiger partial charge in [0.25, 0.3) is 5.91 Å². The second-order valence-electron chi connectivity index (χ2n) is 15.8. The van der Waals surface area contributed by atoms with Crippen LogP contribution in [-0.2, 0) is 29.0 Å². The molecule has 0 bridgehead atoms. The highest BCUT2D eigenvalue weighted by Gasteiger charge is 2.38. The molecule has 0 spiro atoms. The van der Waals surface area contributed by atoms with Crippen LogP contribution < -0.4 is 19.5 Å². The Labute approximate surface area is 339 Å². The molecule has 2 amide bonds. The van der Waals surface area contributed by atoms with Gasteiger partial charge in [-0.1, -0.05) is 73.9 Å². The molecule has 2 N–H and O–H groups in total. The molecular weight excluding hydrogens is 731 g/mol. The molecule has 2 aliphatic heterocycles. The molecule has 1 fully saturated rings. The summed E-state index contributed by atoms with van der Waals surface area (Å²) in [5, 5.41) is 13.1. The molecule has 3 heterocycles. The van der Waals surface area contributed by atoms with Gasteiger partial charge in [-0.25, -0.2) is 4.79 Å². The van der Waals surface area contributed by atoms with Crippen molar-refractivity contribution in [3.8, 4) is 28.4 Å². The van der Waals surface area contributed by atoms with Gasteiger partial charge in [0.05, 0.1) is 6.61 Å². The second-order valence-corrected chi connectivity index (χ2v) is 15.8. The summed E-state index contributed by atoms with van der Waals surface area (Å²) in [5.74, 6) is 0.570. The summed E-state index contributed by atoms with van der Waals surface area (Å²) < 4.78 is 18.9. The third-order valence-electron chi connectivity index (χ3n) is 11.9. The minimum absolute atomic E-state index is 0.0711. The van der Waals surface area contributed by atoms with E-state index in [-0.39, 0.29) is 31.4 Å². The van der Waals surface area contributed by atoms with Crippen molar-refractivity contribution in [1.82, 2.24) is 15.2 Å². The van der Waals surface area contributed by atoms with Gasteiger partial charge in [-0.3, -0.25) is 14.6 Å². The van der Waals surface area contributed by atoms with Crippen molar-refractivity contribution in [3.63, 3.8) is 0 Å². The number of nitrogens with zero attached hydrogens (tertiary/aromatic N) is 2. The number of fused-ring (bicyclic) bond motifs is 2. The van der Waals surface area contributed by atoms with Crippen molar-refractivity contribution < 1.29 is 33.7 Å². The van der Waals surface area contributed by atoms with Gasteiger partial charge in [0.15, 0.2) is 17.6 Å².